The van der Waals surface area contributed by atoms with Gasteiger partial charge >= 0.3 is 0 Å². The normalized spacial score (nSPS) is 11.1. The summed E-state index contributed by atoms with van der Waals surface area (Å²) >= 11 is 18.6. The summed E-state index contributed by atoms with van der Waals surface area (Å²) in [6, 6.07) is 9.14. The fourth-order valence-corrected chi connectivity index (χ4v) is 3.03. The summed E-state index contributed by atoms with van der Waals surface area (Å²) in [6.07, 6.45) is 0. The summed E-state index contributed by atoms with van der Waals surface area (Å²) in [7, 11) is 0. The third kappa shape index (κ3) is 7.59. The molecule has 0 atom stereocenters. The highest BCUT2D eigenvalue weighted by Crippen LogP contribution is 2.37. The molecule has 150 valence electrons. The van der Waals surface area contributed by atoms with Gasteiger partial charge in [0.1, 0.15) is 6.61 Å². The minimum Gasteiger partial charge on any atom is -0.490 e. The summed E-state index contributed by atoms with van der Waals surface area (Å²) in [6.45, 7) is 9.75. The van der Waals surface area contributed by atoms with Crippen molar-refractivity contribution in [3.63, 3.8) is 0 Å². The summed E-state index contributed by atoms with van der Waals surface area (Å²) in [4.78, 5) is 0. The van der Waals surface area contributed by atoms with Gasteiger partial charge in [-0.2, -0.15) is 0 Å². The van der Waals surface area contributed by atoms with E-state index in [2.05, 4.69) is 26.1 Å². The minimum absolute atomic E-state index is 0. The molecule has 0 aliphatic rings. The lowest BCUT2D eigenvalue weighted by molar-refractivity contribution is 0.269. The Balaban J connectivity index is 0.00000364. The van der Waals surface area contributed by atoms with Crippen LogP contribution in [-0.4, -0.2) is 12.1 Å². The Labute approximate surface area is 182 Å². The first-order chi connectivity index (χ1) is 12.2. The van der Waals surface area contributed by atoms with Gasteiger partial charge in [0.2, 0.25) is 0 Å². The second-order valence-corrected chi connectivity index (χ2v) is 8.22. The molecule has 0 fully saturated rings. The fraction of sp³-hybridized carbons (Fsp3) is 0.400. The smallest absolute Gasteiger partial charge is 0.180 e. The molecule has 0 bridgehead atoms. The van der Waals surface area contributed by atoms with E-state index in [0.717, 1.165) is 11.1 Å². The monoisotopic (exact) mass is 451 g/mol. The van der Waals surface area contributed by atoms with Crippen molar-refractivity contribution in [2.45, 2.75) is 46.4 Å². The Kier molecular flexibility index (Phi) is 9.53. The van der Waals surface area contributed by atoms with Crippen molar-refractivity contribution >= 4 is 47.2 Å². The van der Waals surface area contributed by atoms with Gasteiger partial charge in [0, 0.05) is 27.7 Å². The number of hydrogen-bond donors (Lipinski definition) is 1. The Morgan fingerprint density at radius 2 is 1.67 bits per heavy atom. The summed E-state index contributed by atoms with van der Waals surface area (Å²) in [5.41, 5.74) is 1.87. The van der Waals surface area contributed by atoms with Crippen LogP contribution in [0.25, 0.3) is 0 Å². The molecule has 2 rings (SSSR count). The molecule has 0 spiro atoms. The van der Waals surface area contributed by atoms with E-state index in [1.54, 1.807) is 12.1 Å². The van der Waals surface area contributed by atoms with Crippen LogP contribution in [0.2, 0.25) is 15.1 Å². The quantitative estimate of drug-likeness (QED) is 0.493. The average Bonchev–Trinajstić information content (AvgIpc) is 2.53. The molecule has 0 unspecified atom stereocenters. The molecule has 0 aromatic heterocycles. The standard InChI is InChI=1S/C20H24Cl3NO2.ClH/c1-5-25-18-9-13(11-24-20(2,3)4)8-17(23)19(18)26-12-14-6-7-15(21)10-16(14)22;/h6-10,24H,5,11-12H2,1-4H3;1H. The van der Waals surface area contributed by atoms with Gasteiger partial charge in [-0.15, -0.1) is 12.4 Å². The third-order valence-electron chi connectivity index (χ3n) is 3.58. The van der Waals surface area contributed by atoms with Gasteiger partial charge in [-0.25, -0.2) is 0 Å². The van der Waals surface area contributed by atoms with E-state index in [1.165, 1.54) is 0 Å². The van der Waals surface area contributed by atoms with Gasteiger partial charge in [0.25, 0.3) is 0 Å². The number of nitrogens with one attached hydrogen (secondary N) is 1. The second kappa shape index (κ2) is 10.6. The van der Waals surface area contributed by atoms with Gasteiger partial charge in [-0.3, -0.25) is 0 Å². The van der Waals surface area contributed by atoms with E-state index in [0.29, 0.717) is 39.7 Å². The SMILES string of the molecule is CCOc1cc(CNC(C)(C)C)cc(Cl)c1OCc1ccc(Cl)cc1Cl.Cl. The summed E-state index contributed by atoms with van der Waals surface area (Å²) < 4.78 is 11.7. The maximum Gasteiger partial charge on any atom is 0.180 e. The van der Waals surface area contributed by atoms with E-state index >= 15 is 0 Å². The van der Waals surface area contributed by atoms with Crippen molar-refractivity contribution < 1.29 is 9.47 Å². The van der Waals surface area contributed by atoms with Crippen molar-refractivity contribution in [1.82, 2.24) is 5.32 Å². The summed E-state index contributed by atoms with van der Waals surface area (Å²) in [5, 5.41) is 5.09. The lowest BCUT2D eigenvalue weighted by Gasteiger charge is -2.21. The zero-order chi connectivity index (χ0) is 19.3. The molecule has 0 heterocycles. The topological polar surface area (TPSA) is 30.5 Å². The number of hydrogen-bond acceptors (Lipinski definition) is 3. The molecule has 0 amide bonds. The fourth-order valence-electron chi connectivity index (χ4n) is 2.28. The van der Waals surface area contributed by atoms with Gasteiger partial charge in [0.05, 0.1) is 11.6 Å². The van der Waals surface area contributed by atoms with Crippen molar-refractivity contribution in [1.29, 1.82) is 0 Å². The molecular formula is C20H25Cl4NO2. The Morgan fingerprint density at radius 3 is 2.26 bits per heavy atom. The minimum atomic E-state index is 0. The molecule has 1 N–H and O–H groups in total. The first kappa shape index (κ1) is 24.2. The zero-order valence-electron chi connectivity index (χ0n) is 15.9. The van der Waals surface area contributed by atoms with Crippen LogP contribution in [0.1, 0.15) is 38.8 Å². The van der Waals surface area contributed by atoms with Crippen LogP contribution in [0.5, 0.6) is 11.5 Å². The predicted octanol–water partition coefficient (Wildman–Crippen LogP) is 6.93. The number of rotatable bonds is 7. The molecule has 0 saturated carbocycles. The molecule has 2 aromatic carbocycles. The van der Waals surface area contributed by atoms with Crippen molar-refractivity contribution in [2.75, 3.05) is 6.61 Å². The second-order valence-electron chi connectivity index (χ2n) is 6.97. The van der Waals surface area contributed by atoms with Crippen molar-refractivity contribution in [3.8, 4) is 11.5 Å². The van der Waals surface area contributed by atoms with Crippen molar-refractivity contribution in [3.05, 3.63) is 56.5 Å². The van der Waals surface area contributed by atoms with E-state index < -0.39 is 0 Å². The highest BCUT2D eigenvalue weighted by atomic mass is 35.5. The van der Waals surface area contributed by atoms with E-state index in [9.17, 15) is 0 Å². The maximum atomic E-state index is 6.46. The first-order valence-electron chi connectivity index (χ1n) is 8.46. The number of benzene rings is 2. The molecule has 7 heteroatoms. The van der Waals surface area contributed by atoms with Crippen LogP contribution >= 0.6 is 47.2 Å². The van der Waals surface area contributed by atoms with Gasteiger partial charge in [-0.1, -0.05) is 40.9 Å². The Bertz CT molecular complexity index is 760. The van der Waals surface area contributed by atoms with Crippen LogP contribution in [0.4, 0.5) is 0 Å². The molecule has 3 nitrogen and oxygen atoms in total. The van der Waals surface area contributed by atoms with Crippen LogP contribution in [0.15, 0.2) is 30.3 Å². The lowest BCUT2D eigenvalue weighted by atomic mass is 10.1. The van der Waals surface area contributed by atoms with Crippen LogP contribution < -0.4 is 14.8 Å². The average molecular weight is 453 g/mol. The number of ether oxygens (including phenoxy) is 2. The molecule has 27 heavy (non-hydrogen) atoms. The lowest BCUT2D eigenvalue weighted by Crippen LogP contribution is -2.35. The molecule has 0 saturated heterocycles. The number of halogens is 4. The van der Waals surface area contributed by atoms with Crippen molar-refractivity contribution in [2.24, 2.45) is 0 Å². The highest BCUT2D eigenvalue weighted by Gasteiger charge is 2.15. The summed E-state index contributed by atoms with van der Waals surface area (Å²) in [5.74, 6) is 1.13. The molecule has 0 radical (unpaired) electrons. The zero-order valence-corrected chi connectivity index (χ0v) is 19.0. The largest absolute Gasteiger partial charge is 0.490 e. The predicted molar refractivity (Wildman–Crippen MR) is 117 cm³/mol. The Morgan fingerprint density at radius 1 is 0.963 bits per heavy atom. The van der Waals surface area contributed by atoms with Crippen LogP contribution in [-0.2, 0) is 13.2 Å². The molecule has 2 aromatic rings. The molecule has 0 aliphatic carbocycles. The first-order valence-corrected chi connectivity index (χ1v) is 9.60. The third-order valence-corrected chi connectivity index (χ3v) is 4.45. The van der Waals surface area contributed by atoms with E-state index in [-0.39, 0.29) is 24.6 Å². The van der Waals surface area contributed by atoms with Crippen LogP contribution in [0.3, 0.4) is 0 Å². The van der Waals surface area contributed by atoms with Crippen LogP contribution in [0, 0.1) is 0 Å². The Hall–Kier alpha value is -0.840. The van der Waals surface area contributed by atoms with Gasteiger partial charge in [-0.05, 0) is 57.5 Å². The highest BCUT2D eigenvalue weighted by molar-refractivity contribution is 6.35. The molecule has 0 aliphatic heterocycles. The molecular weight excluding hydrogens is 428 g/mol. The van der Waals surface area contributed by atoms with E-state index in [4.69, 9.17) is 44.3 Å². The maximum absolute atomic E-state index is 6.46. The van der Waals surface area contributed by atoms with E-state index in [1.807, 2.05) is 25.1 Å². The van der Waals surface area contributed by atoms with Gasteiger partial charge in [0.15, 0.2) is 11.5 Å². The van der Waals surface area contributed by atoms with Gasteiger partial charge < -0.3 is 14.8 Å².